The summed E-state index contributed by atoms with van der Waals surface area (Å²) in [5.41, 5.74) is 0. The largest absolute Gasteiger partial charge is 0.481 e. The van der Waals surface area contributed by atoms with E-state index >= 15 is 0 Å². The number of carbonyl (C=O) groups is 2. The number of unbranched alkanes of at least 4 members (excludes halogenated alkanes) is 3. The third-order valence-corrected chi connectivity index (χ3v) is 3.11. The number of esters is 1. The van der Waals surface area contributed by atoms with Crippen LogP contribution in [0.25, 0.3) is 0 Å². The van der Waals surface area contributed by atoms with Crippen molar-refractivity contribution in [3.63, 3.8) is 0 Å². The monoisotopic (exact) mass is 314 g/mol. The Kier molecular flexibility index (Phi) is 10.5. The highest BCUT2D eigenvalue weighted by atomic mass is 16.5. The minimum Gasteiger partial charge on any atom is -0.481 e. The molecular formula is C17H32NO4+. The van der Waals surface area contributed by atoms with Gasteiger partial charge < -0.3 is 14.3 Å². The Morgan fingerprint density at radius 1 is 1.14 bits per heavy atom. The van der Waals surface area contributed by atoms with Crippen molar-refractivity contribution >= 4 is 11.9 Å². The second kappa shape index (κ2) is 11.2. The highest BCUT2D eigenvalue weighted by molar-refractivity contribution is 5.71. The fraction of sp³-hybridized carbons (Fsp3) is 0.765. The van der Waals surface area contributed by atoms with Crippen LogP contribution < -0.4 is 0 Å². The molecule has 0 rings (SSSR count). The zero-order valence-corrected chi connectivity index (χ0v) is 14.5. The van der Waals surface area contributed by atoms with Gasteiger partial charge in [0.05, 0.1) is 27.6 Å². The summed E-state index contributed by atoms with van der Waals surface area (Å²) < 4.78 is 5.87. The quantitative estimate of drug-likeness (QED) is 0.260. The van der Waals surface area contributed by atoms with E-state index < -0.39 is 12.1 Å². The molecule has 22 heavy (non-hydrogen) atoms. The number of hydrogen-bond donors (Lipinski definition) is 1. The Bertz CT molecular complexity index is 358. The average molecular weight is 314 g/mol. The van der Waals surface area contributed by atoms with E-state index in [9.17, 15) is 9.59 Å². The molecule has 1 atom stereocenters. The lowest BCUT2D eigenvalue weighted by atomic mass is 10.2. The predicted molar refractivity (Wildman–Crippen MR) is 87.5 cm³/mol. The molecule has 0 amide bonds. The fourth-order valence-corrected chi connectivity index (χ4v) is 2.14. The van der Waals surface area contributed by atoms with E-state index in [0.29, 0.717) is 23.9 Å². The van der Waals surface area contributed by atoms with Crippen molar-refractivity contribution in [3.8, 4) is 0 Å². The topological polar surface area (TPSA) is 63.6 Å². The number of allylic oxidation sites excluding steroid dienone is 2. The lowest BCUT2D eigenvalue weighted by molar-refractivity contribution is -0.873. The molecule has 0 saturated heterocycles. The first-order chi connectivity index (χ1) is 10.2. The lowest BCUT2D eigenvalue weighted by Gasteiger charge is -2.28. The van der Waals surface area contributed by atoms with E-state index in [1.165, 1.54) is 19.3 Å². The SMILES string of the molecule is CCCCC/C=C\CCC(=O)OC(CC(=O)O)C[N+](C)(C)C. The number of rotatable bonds is 12. The number of carbonyl (C=O) groups excluding carboxylic acids is 1. The number of nitrogens with zero attached hydrogens (tertiary/aromatic N) is 1. The van der Waals surface area contributed by atoms with Gasteiger partial charge in [-0.1, -0.05) is 31.9 Å². The van der Waals surface area contributed by atoms with Gasteiger partial charge in [-0.2, -0.15) is 0 Å². The molecule has 0 aliphatic rings. The summed E-state index contributed by atoms with van der Waals surface area (Å²) in [5, 5.41) is 8.90. The molecule has 0 bridgehead atoms. The van der Waals surface area contributed by atoms with Crippen molar-refractivity contribution in [2.24, 2.45) is 0 Å². The molecule has 0 spiro atoms. The van der Waals surface area contributed by atoms with Gasteiger partial charge in [0.1, 0.15) is 6.54 Å². The number of likely N-dealkylation sites (N-methyl/N-ethyl adjacent to an activating group) is 1. The van der Waals surface area contributed by atoms with Crippen molar-refractivity contribution in [3.05, 3.63) is 12.2 Å². The molecular weight excluding hydrogens is 282 g/mol. The molecule has 0 fully saturated rings. The van der Waals surface area contributed by atoms with Crippen molar-refractivity contribution < 1.29 is 23.9 Å². The van der Waals surface area contributed by atoms with Crippen molar-refractivity contribution in [2.75, 3.05) is 27.7 Å². The first kappa shape index (κ1) is 20.6. The Morgan fingerprint density at radius 3 is 2.32 bits per heavy atom. The van der Waals surface area contributed by atoms with E-state index in [-0.39, 0.29) is 12.4 Å². The van der Waals surface area contributed by atoms with Crippen LogP contribution in [-0.4, -0.2) is 55.3 Å². The van der Waals surface area contributed by atoms with Gasteiger partial charge in [0.25, 0.3) is 0 Å². The van der Waals surface area contributed by atoms with Gasteiger partial charge >= 0.3 is 11.9 Å². The van der Waals surface area contributed by atoms with E-state index in [1.807, 2.05) is 27.2 Å². The lowest BCUT2D eigenvalue weighted by Crippen LogP contribution is -2.43. The zero-order valence-electron chi connectivity index (χ0n) is 14.5. The second-order valence-corrected chi connectivity index (χ2v) is 6.69. The summed E-state index contributed by atoms with van der Waals surface area (Å²) in [6.07, 6.45) is 9.01. The maximum absolute atomic E-state index is 11.8. The van der Waals surface area contributed by atoms with Gasteiger partial charge in [-0.25, -0.2) is 0 Å². The van der Waals surface area contributed by atoms with Crippen LogP contribution >= 0.6 is 0 Å². The molecule has 5 heteroatoms. The average Bonchev–Trinajstić information content (AvgIpc) is 2.34. The third-order valence-electron chi connectivity index (χ3n) is 3.11. The van der Waals surface area contributed by atoms with Crippen LogP contribution in [0.1, 0.15) is 51.9 Å². The van der Waals surface area contributed by atoms with Crippen LogP contribution in [-0.2, 0) is 14.3 Å². The standard InChI is InChI=1S/C17H31NO4/c1-5-6-7-8-9-10-11-12-17(21)22-15(13-16(19)20)14-18(2,3)4/h9-10,15H,5-8,11-14H2,1-4H3/p+1/b10-9-. The van der Waals surface area contributed by atoms with E-state index in [2.05, 4.69) is 13.0 Å². The number of carboxylic acids is 1. The number of quaternary nitrogens is 1. The van der Waals surface area contributed by atoms with Crippen molar-refractivity contribution in [2.45, 2.75) is 58.0 Å². The molecule has 0 aliphatic carbocycles. The molecule has 1 N–H and O–H groups in total. The van der Waals surface area contributed by atoms with Crippen molar-refractivity contribution in [1.29, 1.82) is 0 Å². The van der Waals surface area contributed by atoms with Gasteiger partial charge in [-0.3, -0.25) is 9.59 Å². The molecule has 128 valence electrons. The highest BCUT2D eigenvalue weighted by Gasteiger charge is 2.24. The Morgan fingerprint density at radius 2 is 1.77 bits per heavy atom. The molecule has 0 aromatic rings. The van der Waals surface area contributed by atoms with Crippen LogP contribution in [0, 0.1) is 0 Å². The van der Waals surface area contributed by atoms with Crippen LogP contribution in [0.2, 0.25) is 0 Å². The second-order valence-electron chi connectivity index (χ2n) is 6.69. The first-order valence-corrected chi connectivity index (χ1v) is 8.11. The minimum atomic E-state index is -0.943. The Hall–Kier alpha value is -1.36. The number of aliphatic carboxylic acids is 1. The van der Waals surface area contributed by atoms with Gasteiger partial charge in [0, 0.05) is 6.42 Å². The molecule has 0 saturated carbocycles. The van der Waals surface area contributed by atoms with E-state index in [1.54, 1.807) is 0 Å². The Balaban J connectivity index is 4.09. The fourth-order valence-electron chi connectivity index (χ4n) is 2.14. The molecule has 0 heterocycles. The van der Waals surface area contributed by atoms with Crippen LogP contribution in [0.3, 0.4) is 0 Å². The highest BCUT2D eigenvalue weighted by Crippen LogP contribution is 2.08. The maximum Gasteiger partial charge on any atom is 0.307 e. The minimum absolute atomic E-state index is 0.145. The summed E-state index contributed by atoms with van der Waals surface area (Å²) in [6, 6.07) is 0. The number of carboxylic acid groups (broad SMARTS) is 1. The summed E-state index contributed by atoms with van der Waals surface area (Å²) in [5.74, 6) is -1.26. The van der Waals surface area contributed by atoms with Crippen LogP contribution in [0.5, 0.6) is 0 Å². The number of hydrogen-bond acceptors (Lipinski definition) is 3. The van der Waals surface area contributed by atoms with Gasteiger partial charge in [-0.05, 0) is 19.3 Å². The van der Waals surface area contributed by atoms with E-state index in [4.69, 9.17) is 9.84 Å². The molecule has 0 aliphatic heterocycles. The zero-order chi connectivity index (χ0) is 17.0. The smallest absolute Gasteiger partial charge is 0.307 e. The number of ether oxygens (including phenoxy) is 1. The third kappa shape index (κ3) is 13.6. The van der Waals surface area contributed by atoms with Crippen LogP contribution in [0.4, 0.5) is 0 Å². The summed E-state index contributed by atoms with van der Waals surface area (Å²) in [6.45, 7) is 2.66. The van der Waals surface area contributed by atoms with Crippen molar-refractivity contribution in [1.82, 2.24) is 0 Å². The molecule has 5 nitrogen and oxygen atoms in total. The normalized spacial score (nSPS) is 13.3. The molecule has 0 aromatic carbocycles. The molecule has 1 unspecified atom stereocenters. The summed E-state index contributed by atoms with van der Waals surface area (Å²) in [4.78, 5) is 22.7. The maximum atomic E-state index is 11.8. The van der Waals surface area contributed by atoms with Crippen LogP contribution in [0.15, 0.2) is 12.2 Å². The molecule has 0 aromatic heterocycles. The summed E-state index contributed by atoms with van der Waals surface area (Å²) in [7, 11) is 5.84. The van der Waals surface area contributed by atoms with E-state index in [0.717, 1.165) is 6.42 Å². The van der Waals surface area contributed by atoms with Gasteiger partial charge in [-0.15, -0.1) is 0 Å². The summed E-state index contributed by atoms with van der Waals surface area (Å²) >= 11 is 0. The predicted octanol–water partition coefficient (Wildman–Crippen LogP) is 3.00. The Labute approximate surface area is 134 Å². The first-order valence-electron chi connectivity index (χ1n) is 8.11. The van der Waals surface area contributed by atoms with Gasteiger partial charge in [0.15, 0.2) is 6.10 Å². The molecule has 0 radical (unpaired) electrons. The van der Waals surface area contributed by atoms with Gasteiger partial charge in [0.2, 0.25) is 0 Å².